The monoisotopic (exact) mass is 360 g/mol. The molecule has 0 aromatic carbocycles. The minimum atomic E-state index is -0.885. The first-order chi connectivity index (χ1) is 11.7. The topological polar surface area (TPSA) is 97.0 Å². The van der Waals surface area contributed by atoms with E-state index < -0.39 is 5.54 Å². The molecular weight excluding hydrogens is 336 g/mol. The average Bonchev–Trinajstić information content (AvgIpc) is 3.14. The number of anilines is 2. The van der Waals surface area contributed by atoms with Crippen molar-refractivity contribution in [1.29, 1.82) is 0 Å². The molecule has 0 spiro atoms. The van der Waals surface area contributed by atoms with Gasteiger partial charge in [-0.1, -0.05) is 0 Å². The van der Waals surface area contributed by atoms with Gasteiger partial charge in [0.05, 0.1) is 17.3 Å². The molecule has 0 radical (unpaired) electrons. The molecule has 1 saturated heterocycles. The van der Waals surface area contributed by atoms with Crippen LogP contribution in [0.2, 0.25) is 0 Å². The lowest BCUT2D eigenvalue weighted by Gasteiger charge is -2.30. The van der Waals surface area contributed by atoms with Gasteiger partial charge in [0.15, 0.2) is 5.13 Å². The molecule has 134 valence electrons. The van der Waals surface area contributed by atoms with Crippen LogP contribution in [0.3, 0.4) is 0 Å². The van der Waals surface area contributed by atoms with Crippen molar-refractivity contribution in [1.82, 2.24) is 19.9 Å². The van der Waals surface area contributed by atoms with Gasteiger partial charge in [-0.05, 0) is 40.5 Å². The fourth-order valence-electron chi connectivity index (χ4n) is 3.04. The lowest BCUT2D eigenvalue weighted by Crippen LogP contribution is -2.50. The average molecular weight is 360 g/mol. The Bertz CT molecular complexity index is 782. The third-order valence-electron chi connectivity index (χ3n) is 4.12. The fourth-order valence-corrected chi connectivity index (χ4v) is 3.71. The highest BCUT2D eigenvalue weighted by atomic mass is 32.1. The van der Waals surface area contributed by atoms with Crippen LogP contribution in [-0.4, -0.2) is 37.8 Å². The predicted molar refractivity (Wildman–Crippen MR) is 98.9 cm³/mol. The molecule has 7 nitrogen and oxygen atoms in total. The lowest BCUT2D eigenvalue weighted by atomic mass is 10.0. The van der Waals surface area contributed by atoms with E-state index in [0.29, 0.717) is 18.2 Å². The number of carbonyl (C=O) groups excluding carboxylic acids is 1. The number of hydrogen-bond acceptors (Lipinski definition) is 7. The third kappa shape index (κ3) is 3.96. The second-order valence-corrected chi connectivity index (χ2v) is 8.24. The van der Waals surface area contributed by atoms with Crippen molar-refractivity contribution in [3.63, 3.8) is 0 Å². The summed E-state index contributed by atoms with van der Waals surface area (Å²) < 4.78 is 0. The normalized spacial score (nSPS) is 17.8. The molecule has 0 saturated carbocycles. The van der Waals surface area contributed by atoms with Crippen LogP contribution in [-0.2, 0) is 4.79 Å². The van der Waals surface area contributed by atoms with Gasteiger partial charge in [-0.2, -0.15) is 0 Å². The van der Waals surface area contributed by atoms with E-state index in [0.717, 1.165) is 28.5 Å². The molecule has 2 aromatic heterocycles. The van der Waals surface area contributed by atoms with Crippen LogP contribution in [0.15, 0.2) is 12.3 Å². The van der Waals surface area contributed by atoms with Crippen molar-refractivity contribution < 1.29 is 4.79 Å². The highest BCUT2D eigenvalue weighted by Crippen LogP contribution is 2.33. The summed E-state index contributed by atoms with van der Waals surface area (Å²) in [6.45, 7) is 8.06. The third-order valence-corrected chi connectivity index (χ3v) is 4.95. The first-order valence-corrected chi connectivity index (χ1v) is 9.20. The van der Waals surface area contributed by atoms with Crippen LogP contribution in [0.1, 0.15) is 49.1 Å². The van der Waals surface area contributed by atoms with Gasteiger partial charge in [0.25, 0.3) is 0 Å². The zero-order chi connectivity index (χ0) is 18.2. The molecule has 2 aromatic rings. The van der Waals surface area contributed by atoms with Crippen molar-refractivity contribution in [2.75, 3.05) is 11.9 Å². The Morgan fingerprint density at radius 1 is 1.40 bits per heavy atom. The van der Waals surface area contributed by atoms with Gasteiger partial charge in [0.2, 0.25) is 5.91 Å². The Kier molecular flexibility index (Phi) is 4.75. The van der Waals surface area contributed by atoms with Crippen LogP contribution < -0.4 is 11.1 Å². The Balaban J connectivity index is 1.87. The van der Waals surface area contributed by atoms with Gasteiger partial charge in [-0.15, -0.1) is 11.3 Å². The number of nitrogens with zero attached hydrogens (tertiary/aromatic N) is 4. The van der Waals surface area contributed by atoms with Crippen molar-refractivity contribution in [2.24, 2.45) is 5.73 Å². The Morgan fingerprint density at radius 2 is 2.16 bits per heavy atom. The molecule has 1 aliphatic rings. The van der Waals surface area contributed by atoms with Crippen molar-refractivity contribution in [2.45, 2.75) is 52.1 Å². The van der Waals surface area contributed by atoms with Crippen LogP contribution in [0.4, 0.5) is 10.9 Å². The molecule has 8 heteroatoms. The largest absolute Gasteiger partial charge is 0.333 e. The molecule has 0 bridgehead atoms. The summed E-state index contributed by atoms with van der Waals surface area (Å²) >= 11 is 1.57. The molecule has 3 N–H and O–H groups in total. The smallest absolute Gasteiger partial charge is 0.242 e. The molecule has 1 fully saturated rings. The maximum atomic E-state index is 12.6. The van der Waals surface area contributed by atoms with E-state index in [-0.39, 0.29) is 11.9 Å². The van der Waals surface area contributed by atoms with Crippen LogP contribution in [0.5, 0.6) is 0 Å². The summed E-state index contributed by atoms with van der Waals surface area (Å²) in [5.74, 6) is 1.32. The summed E-state index contributed by atoms with van der Waals surface area (Å²) in [5.41, 5.74) is 5.98. The van der Waals surface area contributed by atoms with E-state index in [1.807, 2.05) is 31.0 Å². The molecule has 1 amide bonds. The van der Waals surface area contributed by atoms with Crippen LogP contribution >= 0.6 is 11.3 Å². The van der Waals surface area contributed by atoms with Gasteiger partial charge in [-0.25, -0.2) is 15.0 Å². The standard InChI is InChI=1S/C17H24N6OS/c1-10-9-19-16(25-10)22-14-8-12(20-11(2)21-14)13-6-5-7-23(13)15(24)17(3,4)18/h8-9,13H,5-7,18H2,1-4H3,(H,19,20,21,22)/t13-/m1/s1. The minimum absolute atomic E-state index is 0.0451. The van der Waals surface area contributed by atoms with E-state index in [4.69, 9.17) is 5.73 Å². The first-order valence-electron chi connectivity index (χ1n) is 8.39. The number of rotatable bonds is 4. The Labute approximate surface area is 151 Å². The van der Waals surface area contributed by atoms with Crippen molar-refractivity contribution in [3.8, 4) is 0 Å². The zero-order valence-corrected chi connectivity index (χ0v) is 15.9. The second-order valence-electron chi connectivity index (χ2n) is 7.00. The number of hydrogen-bond donors (Lipinski definition) is 2. The van der Waals surface area contributed by atoms with E-state index >= 15 is 0 Å². The number of nitrogens with two attached hydrogens (primary N) is 1. The van der Waals surface area contributed by atoms with Crippen molar-refractivity contribution >= 4 is 28.2 Å². The number of amides is 1. The summed E-state index contributed by atoms with van der Waals surface area (Å²) in [6.07, 6.45) is 3.65. The SMILES string of the molecule is Cc1nc(Nc2ncc(C)s2)cc([C@H]2CCCN2C(=O)C(C)(C)N)n1. The Hall–Kier alpha value is -2.06. The molecule has 1 atom stereocenters. The quantitative estimate of drug-likeness (QED) is 0.870. The first kappa shape index (κ1) is 17.8. The molecule has 25 heavy (non-hydrogen) atoms. The molecule has 3 heterocycles. The van der Waals surface area contributed by atoms with Gasteiger partial charge in [-0.3, -0.25) is 4.79 Å². The lowest BCUT2D eigenvalue weighted by molar-refractivity contribution is -0.136. The number of carbonyl (C=O) groups is 1. The maximum Gasteiger partial charge on any atom is 0.242 e. The van der Waals surface area contributed by atoms with E-state index in [2.05, 4.69) is 20.3 Å². The van der Waals surface area contributed by atoms with Crippen LogP contribution in [0.25, 0.3) is 0 Å². The van der Waals surface area contributed by atoms with Crippen molar-refractivity contribution in [3.05, 3.63) is 28.7 Å². The number of nitrogens with one attached hydrogen (secondary N) is 1. The fraction of sp³-hybridized carbons (Fsp3) is 0.529. The summed E-state index contributed by atoms with van der Waals surface area (Å²) in [4.78, 5) is 29.0. The van der Waals surface area contributed by atoms with Gasteiger partial charge in [0, 0.05) is 23.7 Å². The van der Waals surface area contributed by atoms with E-state index in [1.54, 1.807) is 25.2 Å². The Morgan fingerprint density at radius 3 is 2.80 bits per heavy atom. The summed E-state index contributed by atoms with van der Waals surface area (Å²) in [5, 5.41) is 4.03. The zero-order valence-electron chi connectivity index (χ0n) is 15.0. The van der Waals surface area contributed by atoms with Crippen LogP contribution in [0, 0.1) is 13.8 Å². The van der Waals surface area contributed by atoms with Gasteiger partial charge in [0.1, 0.15) is 11.6 Å². The molecule has 0 unspecified atom stereocenters. The maximum absolute atomic E-state index is 12.6. The van der Waals surface area contributed by atoms with E-state index in [1.165, 1.54) is 0 Å². The van der Waals surface area contributed by atoms with Gasteiger partial charge < -0.3 is 16.0 Å². The minimum Gasteiger partial charge on any atom is -0.333 e. The predicted octanol–water partition coefficient (Wildman–Crippen LogP) is 2.69. The highest BCUT2D eigenvalue weighted by molar-refractivity contribution is 7.15. The molecular formula is C17H24N6OS. The van der Waals surface area contributed by atoms with Gasteiger partial charge >= 0.3 is 0 Å². The highest BCUT2D eigenvalue weighted by Gasteiger charge is 2.37. The molecule has 1 aliphatic heterocycles. The summed E-state index contributed by atoms with van der Waals surface area (Å²) in [7, 11) is 0. The number of aryl methyl sites for hydroxylation is 2. The molecule has 3 rings (SSSR count). The second kappa shape index (κ2) is 6.68. The summed E-state index contributed by atoms with van der Waals surface area (Å²) in [6, 6.07) is 1.85. The van der Waals surface area contributed by atoms with E-state index in [9.17, 15) is 4.79 Å². The number of likely N-dealkylation sites (tertiary alicyclic amines) is 1. The number of thiazole rings is 1. The molecule has 0 aliphatic carbocycles. The number of aromatic nitrogens is 3.